The number of rotatable bonds is 3. The van der Waals surface area contributed by atoms with Crippen molar-refractivity contribution in [3.05, 3.63) is 46.3 Å². The van der Waals surface area contributed by atoms with Crippen molar-refractivity contribution in [1.29, 1.82) is 0 Å². The number of nitrogens with two attached hydrogens (primary N) is 1. The Balaban J connectivity index is 2.32. The maximum atomic E-state index is 13.7. The summed E-state index contributed by atoms with van der Waals surface area (Å²) in [5, 5.41) is 2.78. The Bertz CT molecular complexity index is 664. The number of nitrogens with one attached hydrogen (secondary N) is 1. The summed E-state index contributed by atoms with van der Waals surface area (Å²) in [6.07, 6.45) is 1.31. The molecule has 1 heterocycles. The van der Waals surface area contributed by atoms with Crippen LogP contribution < -0.4 is 11.1 Å². The van der Waals surface area contributed by atoms with Crippen molar-refractivity contribution in [2.24, 2.45) is 0 Å². The molecule has 0 aliphatic heterocycles. The topological polar surface area (TPSA) is 77.2 Å². The molecule has 3 N–H and O–H groups in total. The molecule has 0 radical (unpaired) electrons. The predicted molar refractivity (Wildman–Crippen MR) is 77.4 cm³/mol. The van der Waals surface area contributed by atoms with E-state index < -0.39 is 11.8 Å². The molecule has 5 nitrogen and oxygen atoms in total. The fourth-order valence-corrected chi connectivity index (χ4v) is 1.88. The number of ether oxygens (including phenoxy) is 1. The van der Waals surface area contributed by atoms with Crippen LogP contribution in [0.15, 0.2) is 34.9 Å². The summed E-state index contributed by atoms with van der Waals surface area (Å²) in [6.45, 7) is 0. The molecule has 20 heavy (non-hydrogen) atoms. The molecule has 0 unspecified atom stereocenters. The molecule has 0 aliphatic carbocycles. The van der Waals surface area contributed by atoms with Gasteiger partial charge in [-0.3, -0.25) is 0 Å². The molecule has 7 heteroatoms. The van der Waals surface area contributed by atoms with Gasteiger partial charge in [-0.05, 0) is 24.3 Å². The Morgan fingerprint density at radius 3 is 2.85 bits per heavy atom. The molecule has 0 bridgehead atoms. The van der Waals surface area contributed by atoms with Gasteiger partial charge >= 0.3 is 5.97 Å². The number of pyridine rings is 1. The highest BCUT2D eigenvalue weighted by molar-refractivity contribution is 9.10. The van der Waals surface area contributed by atoms with Gasteiger partial charge in [0, 0.05) is 4.47 Å². The van der Waals surface area contributed by atoms with Gasteiger partial charge in [-0.2, -0.15) is 0 Å². The van der Waals surface area contributed by atoms with E-state index in [9.17, 15) is 9.18 Å². The number of hydrogen-bond acceptors (Lipinski definition) is 5. The molecule has 0 saturated heterocycles. The number of nitrogens with zero attached hydrogens (tertiary/aromatic N) is 1. The summed E-state index contributed by atoms with van der Waals surface area (Å²) >= 11 is 3.17. The van der Waals surface area contributed by atoms with Gasteiger partial charge in [0.15, 0.2) is 0 Å². The number of benzene rings is 1. The fourth-order valence-electron chi connectivity index (χ4n) is 1.55. The second-order valence-corrected chi connectivity index (χ2v) is 4.81. The summed E-state index contributed by atoms with van der Waals surface area (Å²) in [5.41, 5.74) is 6.24. The number of nitrogen functional groups attached to an aromatic ring is 1. The molecule has 1 aromatic carbocycles. The molecule has 2 rings (SSSR count). The van der Waals surface area contributed by atoms with Crippen molar-refractivity contribution >= 4 is 39.1 Å². The zero-order valence-corrected chi connectivity index (χ0v) is 12.1. The van der Waals surface area contributed by atoms with Crippen LogP contribution >= 0.6 is 15.9 Å². The number of hydrogen-bond donors (Lipinski definition) is 2. The molecule has 0 spiro atoms. The first-order valence-corrected chi connectivity index (χ1v) is 6.36. The molecular weight excluding hydrogens is 329 g/mol. The van der Waals surface area contributed by atoms with E-state index in [1.165, 1.54) is 25.4 Å². The minimum atomic E-state index is -0.579. The first-order chi connectivity index (χ1) is 9.51. The normalized spacial score (nSPS) is 10.2. The number of methoxy groups -OCH3 is 1. The van der Waals surface area contributed by atoms with E-state index in [2.05, 4.69) is 31.0 Å². The lowest BCUT2D eigenvalue weighted by atomic mass is 10.2. The fraction of sp³-hybridized carbons (Fsp3) is 0.0769. The molecule has 0 aliphatic rings. The molecule has 1 aromatic heterocycles. The number of halogens is 2. The summed E-state index contributed by atoms with van der Waals surface area (Å²) < 4.78 is 18.9. The third kappa shape index (κ3) is 3.05. The molecule has 0 amide bonds. The van der Waals surface area contributed by atoms with Gasteiger partial charge in [-0.25, -0.2) is 14.2 Å². The van der Waals surface area contributed by atoms with Crippen molar-refractivity contribution in [3.63, 3.8) is 0 Å². The summed E-state index contributed by atoms with van der Waals surface area (Å²) in [6, 6.07) is 5.96. The van der Waals surface area contributed by atoms with Crippen molar-refractivity contribution in [2.75, 3.05) is 18.2 Å². The van der Waals surface area contributed by atoms with E-state index in [1.807, 2.05) is 0 Å². The van der Waals surface area contributed by atoms with E-state index in [0.29, 0.717) is 10.3 Å². The summed E-state index contributed by atoms with van der Waals surface area (Å²) in [7, 11) is 1.25. The smallest absolute Gasteiger partial charge is 0.340 e. The van der Waals surface area contributed by atoms with Crippen LogP contribution in [0.2, 0.25) is 0 Å². The van der Waals surface area contributed by atoms with Gasteiger partial charge < -0.3 is 15.8 Å². The molecule has 2 aromatic rings. The zero-order chi connectivity index (χ0) is 14.7. The minimum absolute atomic E-state index is 0.169. The first kappa shape index (κ1) is 14.3. The maximum absolute atomic E-state index is 13.7. The predicted octanol–water partition coefficient (Wildman–Crippen LogP) is 3.10. The van der Waals surface area contributed by atoms with E-state index in [4.69, 9.17) is 5.73 Å². The summed E-state index contributed by atoms with van der Waals surface area (Å²) in [5.74, 6) is -0.734. The van der Waals surface area contributed by atoms with E-state index in [1.54, 1.807) is 12.1 Å². The quantitative estimate of drug-likeness (QED) is 0.840. The lowest BCUT2D eigenvalue weighted by Crippen LogP contribution is -2.07. The average Bonchev–Trinajstić information content (AvgIpc) is 2.43. The Hall–Kier alpha value is -2.15. The van der Waals surface area contributed by atoms with E-state index in [-0.39, 0.29) is 16.9 Å². The lowest BCUT2D eigenvalue weighted by Gasteiger charge is -2.09. The molecule has 0 atom stereocenters. The number of carbonyl (C=O) groups excluding carboxylic acids is 1. The van der Waals surface area contributed by atoms with Gasteiger partial charge in [0.05, 0.1) is 30.2 Å². The van der Waals surface area contributed by atoms with E-state index >= 15 is 0 Å². The molecular formula is C13H11BrFN3O2. The van der Waals surface area contributed by atoms with Gasteiger partial charge in [0.25, 0.3) is 0 Å². The molecule has 0 saturated carbocycles. The lowest BCUT2D eigenvalue weighted by molar-refractivity contribution is 0.0602. The van der Waals surface area contributed by atoms with Crippen LogP contribution in [0.1, 0.15) is 10.4 Å². The zero-order valence-electron chi connectivity index (χ0n) is 10.5. The first-order valence-electron chi connectivity index (χ1n) is 5.57. The second-order valence-electron chi connectivity index (χ2n) is 3.90. The van der Waals surface area contributed by atoms with Crippen LogP contribution in [0.5, 0.6) is 0 Å². The van der Waals surface area contributed by atoms with Gasteiger partial charge in [0.2, 0.25) is 0 Å². The maximum Gasteiger partial charge on any atom is 0.340 e. The number of esters is 1. The van der Waals surface area contributed by atoms with Crippen LogP contribution in [-0.4, -0.2) is 18.1 Å². The van der Waals surface area contributed by atoms with Crippen molar-refractivity contribution < 1.29 is 13.9 Å². The van der Waals surface area contributed by atoms with Crippen LogP contribution in [0.25, 0.3) is 0 Å². The summed E-state index contributed by atoms with van der Waals surface area (Å²) in [4.78, 5) is 15.5. The van der Waals surface area contributed by atoms with Crippen molar-refractivity contribution in [3.8, 4) is 0 Å². The van der Waals surface area contributed by atoms with Crippen LogP contribution in [-0.2, 0) is 4.74 Å². The average molecular weight is 340 g/mol. The third-order valence-electron chi connectivity index (χ3n) is 2.53. The second kappa shape index (κ2) is 5.87. The number of carbonyl (C=O) groups is 1. The van der Waals surface area contributed by atoms with Crippen LogP contribution in [0.3, 0.4) is 0 Å². The van der Waals surface area contributed by atoms with Crippen molar-refractivity contribution in [2.45, 2.75) is 0 Å². The largest absolute Gasteiger partial charge is 0.465 e. The van der Waals surface area contributed by atoms with Gasteiger partial charge in [-0.1, -0.05) is 15.9 Å². The molecule has 104 valence electrons. The standard InChI is InChI=1S/C13H11BrFN3O2/c1-20-13(19)8-5-12(17-6-10(8)16)18-11-3-2-7(14)4-9(11)15/h2-6H,16H2,1H3,(H,17,18). The Morgan fingerprint density at radius 1 is 1.45 bits per heavy atom. The van der Waals surface area contributed by atoms with Gasteiger partial charge in [-0.15, -0.1) is 0 Å². The Labute approximate surface area is 123 Å². The van der Waals surface area contributed by atoms with E-state index in [0.717, 1.165) is 0 Å². The van der Waals surface area contributed by atoms with Crippen molar-refractivity contribution in [1.82, 2.24) is 4.98 Å². The number of anilines is 3. The minimum Gasteiger partial charge on any atom is -0.465 e. The third-order valence-corrected chi connectivity index (χ3v) is 3.03. The molecule has 0 fully saturated rings. The van der Waals surface area contributed by atoms with Crippen LogP contribution in [0, 0.1) is 5.82 Å². The van der Waals surface area contributed by atoms with Crippen LogP contribution in [0.4, 0.5) is 21.6 Å². The number of aromatic nitrogens is 1. The van der Waals surface area contributed by atoms with Gasteiger partial charge in [0.1, 0.15) is 11.6 Å². The highest BCUT2D eigenvalue weighted by Gasteiger charge is 2.12. The highest BCUT2D eigenvalue weighted by Crippen LogP contribution is 2.24. The SMILES string of the molecule is COC(=O)c1cc(Nc2ccc(Br)cc2F)ncc1N. The monoisotopic (exact) mass is 339 g/mol. The Morgan fingerprint density at radius 2 is 2.20 bits per heavy atom. The highest BCUT2D eigenvalue weighted by atomic mass is 79.9. The Kier molecular flexibility index (Phi) is 4.19.